The highest BCUT2D eigenvalue weighted by Gasteiger charge is 2.47. The van der Waals surface area contributed by atoms with Crippen LogP contribution in [0.25, 0.3) is 0 Å². The van der Waals surface area contributed by atoms with Gasteiger partial charge in [-0.1, -0.05) is 6.92 Å². The summed E-state index contributed by atoms with van der Waals surface area (Å²) >= 11 is 0. The number of halogens is 2. The zero-order valence-corrected chi connectivity index (χ0v) is 18.5. The van der Waals surface area contributed by atoms with Crippen molar-refractivity contribution >= 4 is 17.6 Å². The van der Waals surface area contributed by atoms with E-state index in [0.717, 1.165) is 44.5 Å². The number of anilines is 2. The van der Waals surface area contributed by atoms with Gasteiger partial charge in [-0.15, -0.1) is 0 Å². The summed E-state index contributed by atoms with van der Waals surface area (Å²) in [4.78, 5) is 19.3. The van der Waals surface area contributed by atoms with Crippen molar-refractivity contribution in [3.63, 3.8) is 0 Å². The third-order valence-electron chi connectivity index (χ3n) is 7.44. The monoisotopic (exact) mass is 459 g/mol. The topological polar surface area (TPSA) is 76.8 Å². The lowest BCUT2D eigenvalue weighted by atomic mass is 10.1. The number of aromatic nitrogens is 1. The number of benzene rings is 1. The molecule has 1 aromatic carbocycles. The van der Waals surface area contributed by atoms with E-state index in [-0.39, 0.29) is 29.3 Å². The minimum absolute atomic E-state index is 0.00678. The molecule has 2 aromatic rings. The van der Waals surface area contributed by atoms with Crippen molar-refractivity contribution in [2.75, 3.05) is 29.9 Å². The van der Waals surface area contributed by atoms with Crippen LogP contribution in [0.3, 0.4) is 0 Å². The highest BCUT2D eigenvalue weighted by Crippen LogP contribution is 2.52. The van der Waals surface area contributed by atoms with Gasteiger partial charge >= 0.3 is 0 Å². The average Bonchev–Trinajstić information content (AvgIpc) is 3.25. The van der Waals surface area contributed by atoms with Crippen LogP contribution in [0.2, 0.25) is 0 Å². The summed E-state index contributed by atoms with van der Waals surface area (Å²) in [6.45, 7) is 4.09. The molecule has 3 heterocycles. The molecular weight excluding hydrogens is 432 g/mol. The molecule has 9 heteroatoms. The first kappa shape index (κ1) is 20.9. The Morgan fingerprint density at radius 3 is 2.64 bits per heavy atom. The van der Waals surface area contributed by atoms with E-state index in [0.29, 0.717) is 42.5 Å². The molecule has 4 fully saturated rings. The van der Waals surface area contributed by atoms with E-state index in [1.165, 1.54) is 6.42 Å². The lowest BCUT2D eigenvalue weighted by molar-refractivity contribution is 0.102. The van der Waals surface area contributed by atoms with Gasteiger partial charge in [-0.3, -0.25) is 4.79 Å². The molecule has 6 rings (SSSR count). The fourth-order valence-corrected chi connectivity index (χ4v) is 5.58. The summed E-state index contributed by atoms with van der Waals surface area (Å²) in [5, 5.41) is 2.55. The standard InChI is InChI=1S/C24H27F2N3O4/c1-2-19-21(28-24(33-19)29-10-12-3-4-31-20(12)11-29)23(30)27-15-8-17(25)22(18(26)9-15)32-16-6-13-5-14(13)7-16/h8-9,12-14,16,20H,2-7,10-11H2,1H3,(H,27,30). The number of fused-ring (bicyclic) bond motifs is 2. The second kappa shape index (κ2) is 7.97. The molecule has 176 valence electrons. The van der Waals surface area contributed by atoms with Gasteiger partial charge in [0.2, 0.25) is 0 Å². The lowest BCUT2D eigenvalue weighted by Gasteiger charge is -2.17. The number of nitrogens with one attached hydrogen (secondary N) is 1. The van der Waals surface area contributed by atoms with Crippen LogP contribution in [0, 0.1) is 29.4 Å². The zero-order valence-electron chi connectivity index (χ0n) is 18.5. The van der Waals surface area contributed by atoms with Gasteiger partial charge in [0.15, 0.2) is 23.1 Å². The molecule has 2 aliphatic heterocycles. The van der Waals surface area contributed by atoms with Crippen LogP contribution in [-0.2, 0) is 11.2 Å². The van der Waals surface area contributed by atoms with Gasteiger partial charge in [0.1, 0.15) is 5.76 Å². The molecule has 33 heavy (non-hydrogen) atoms. The van der Waals surface area contributed by atoms with Gasteiger partial charge in [0, 0.05) is 49.9 Å². The Bertz CT molecular complexity index is 1040. The molecular formula is C24H27F2N3O4. The summed E-state index contributed by atoms with van der Waals surface area (Å²) in [6.07, 6.45) is 4.39. The molecule has 4 atom stereocenters. The van der Waals surface area contributed by atoms with Crippen molar-refractivity contribution in [1.82, 2.24) is 4.98 Å². The first-order valence-electron chi connectivity index (χ1n) is 11.8. The lowest BCUT2D eigenvalue weighted by Crippen LogP contribution is -2.23. The van der Waals surface area contributed by atoms with Crippen LogP contribution in [0.4, 0.5) is 20.5 Å². The van der Waals surface area contributed by atoms with Crippen LogP contribution in [0.15, 0.2) is 16.5 Å². The Labute approximate surface area is 190 Å². The number of hydrogen-bond acceptors (Lipinski definition) is 6. The molecule has 0 bridgehead atoms. The first-order chi connectivity index (χ1) is 16.0. The predicted octanol–water partition coefficient (Wildman–Crippen LogP) is 4.17. The summed E-state index contributed by atoms with van der Waals surface area (Å²) in [5.74, 6) is -0.431. The molecule has 1 N–H and O–H groups in total. The van der Waals surface area contributed by atoms with E-state index in [1.807, 2.05) is 11.8 Å². The minimum Gasteiger partial charge on any atom is -0.484 e. The maximum atomic E-state index is 14.6. The van der Waals surface area contributed by atoms with Crippen molar-refractivity contribution < 1.29 is 27.5 Å². The smallest absolute Gasteiger partial charge is 0.298 e. The molecule has 4 unspecified atom stereocenters. The Hall–Kier alpha value is -2.68. The Morgan fingerprint density at radius 1 is 1.18 bits per heavy atom. The fraction of sp³-hybridized carbons (Fsp3) is 0.583. The Morgan fingerprint density at radius 2 is 1.94 bits per heavy atom. The van der Waals surface area contributed by atoms with Gasteiger partial charge in [-0.05, 0) is 37.5 Å². The first-order valence-corrected chi connectivity index (χ1v) is 11.8. The van der Waals surface area contributed by atoms with E-state index in [9.17, 15) is 13.6 Å². The molecule has 0 radical (unpaired) electrons. The van der Waals surface area contributed by atoms with Crippen LogP contribution in [0.5, 0.6) is 5.75 Å². The Kier molecular flexibility index (Phi) is 5.05. The van der Waals surface area contributed by atoms with Crippen LogP contribution >= 0.6 is 0 Å². The van der Waals surface area contributed by atoms with E-state index >= 15 is 0 Å². The molecule has 4 aliphatic rings. The summed E-state index contributed by atoms with van der Waals surface area (Å²) in [7, 11) is 0. The third kappa shape index (κ3) is 3.86. The number of carbonyl (C=O) groups is 1. The number of carbonyl (C=O) groups excluding carboxylic acids is 1. The molecule has 2 saturated heterocycles. The Balaban J connectivity index is 1.16. The maximum absolute atomic E-state index is 14.6. The second-order valence-electron chi connectivity index (χ2n) is 9.68. The van der Waals surface area contributed by atoms with Gasteiger partial charge in [-0.25, -0.2) is 8.78 Å². The van der Waals surface area contributed by atoms with Crippen molar-refractivity contribution in [2.24, 2.45) is 17.8 Å². The van der Waals surface area contributed by atoms with E-state index < -0.39 is 17.5 Å². The number of amides is 1. The highest BCUT2D eigenvalue weighted by atomic mass is 19.1. The summed E-state index contributed by atoms with van der Waals surface area (Å²) in [5.41, 5.74) is 0.129. The molecule has 1 amide bonds. The van der Waals surface area contributed by atoms with Crippen molar-refractivity contribution in [3.8, 4) is 5.75 Å². The van der Waals surface area contributed by atoms with Gasteiger partial charge in [0.25, 0.3) is 11.9 Å². The van der Waals surface area contributed by atoms with Gasteiger partial charge < -0.3 is 24.1 Å². The molecule has 2 saturated carbocycles. The number of hydrogen-bond donors (Lipinski definition) is 1. The third-order valence-corrected chi connectivity index (χ3v) is 7.44. The molecule has 2 aliphatic carbocycles. The molecule has 0 spiro atoms. The highest BCUT2D eigenvalue weighted by molar-refractivity contribution is 6.03. The van der Waals surface area contributed by atoms with E-state index in [1.54, 1.807) is 0 Å². The minimum atomic E-state index is -0.828. The summed E-state index contributed by atoms with van der Waals surface area (Å²) < 4.78 is 46.4. The van der Waals surface area contributed by atoms with Crippen molar-refractivity contribution in [3.05, 3.63) is 35.2 Å². The SMILES string of the molecule is CCc1oc(N2CC3CCOC3C2)nc1C(=O)Nc1cc(F)c(OC2CC3CC3C2)c(F)c1. The number of ether oxygens (including phenoxy) is 2. The summed E-state index contributed by atoms with van der Waals surface area (Å²) in [6, 6.07) is 2.54. The van der Waals surface area contributed by atoms with Crippen LogP contribution in [-0.4, -0.2) is 42.8 Å². The quantitative estimate of drug-likeness (QED) is 0.699. The van der Waals surface area contributed by atoms with E-state index in [4.69, 9.17) is 13.9 Å². The zero-order chi connectivity index (χ0) is 22.7. The van der Waals surface area contributed by atoms with Crippen molar-refractivity contribution in [1.29, 1.82) is 0 Å². The second-order valence-corrected chi connectivity index (χ2v) is 9.68. The average molecular weight is 459 g/mol. The number of oxazole rings is 1. The molecule has 7 nitrogen and oxygen atoms in total. The normalized spacial score (nSPS) is 29.8. The molecule has 1 aromatic heterocycles. The fourth-order valence-electron chi connectivity index (χ4n) is 5.58. The van der Waals surface area contributed by atoms with Gasteiger partial charge in [0.05, 0.1) is 12.2 Å². The predicted molar refractivity (Wildman–Crippen MR) is 115 cm³/mol. The van der Waals surface area contributed by atoms with Crippen LogP contribution in [0.1, 0.15) is 48.9 Å². The van der Waals surface area contributed by atoms with Crippen molar-refractivity contribution in [2.45, 2.75) is 51.2 Å². The van der Waals surface area contributed by atoms with Gasteiger partial charge in [-0.2, -0.15) is 4.98 Å². The number of rotatable bonds is 6. The number of nitrogens with zero attached hydrogens (tertiary/aromatic N) is 2. The van der Waals surface area contributed by atoms with Crippen LogP contribution < -0.4 is 15.0 Å². The maximum Gasteiger partial charge on any atom is 0.298 e. The van der Waals surface area contributed by atoms with E-state index in [2.05, 4.69) is 10.3 Å². The number of aryl methyl sites for hydroxylation is 1. The largest absolute Gasteiger partial charge is 0.484 e.